The summed E-state index contributed by atoms with van der Waals surface area (Å²) in [7, 11) is 0. The first kappa shape index (κ1) is 26.4. The second-order valence-electron chi connectivity index (χ2n) is 9.07. The predicted molar refractivity (Wildman–Crippen MR) is 155 cm³/mol. The van der Waals surface area contributed by atoms with Crippen LogP contribution in [0.4, 0.5) is 30.2 Å². The van der Waals surface area contributed by atoms with Crippen LogP contribution in [-0.4, -0.2) is 16.9 Å². The Morgan fingerprint density at radius 3 is 1.55 bits per heavy atom. The van der Waals surface area contributed by atoms with E-state index in [0.29, 0.717) is 11.8 Å². The molecule has 0 atom stereocenters. The molecule has 3 N–H and O–H groups in total. The molecular formula is C33H25F3N4. The van der Waals surface area contributed by atoms with Gasteiger partial charge in [0.25, 0.3) is 0 Å². The van der Waals surface area contributed by atoms with E-state index >= 15 is 0 Å². The molecule has 0 amide bonds. The van der Waals surface area contributed by atoms with Crippen molar-refractivity contribution < 1.29 is 13.2 Å². The third kappa shape index (κ3) is 5.94. The van der Waals surface area contributed by atoms with Gasteiger partial charge >= 0.3 is 6.18 Å². The maximum atomic E-state index is 13.0. The van der Waals surface area contributed by atoms with Gasteiger partial charge in [0.15, 0.2) is 0 Å². The van der Waals surface area contributed by atoms with E-state index in [9.17, 15) is 13.2 Å². The van der Waals surface area contributed by atoms with Crippen LogP contribution in [0.2, 0.25) is 0 Å². The number of hydrogen-bond acceptors (Lipinski definition) is 4. The molecular weight excluding hydrogens is 509 g/mol. The summed E-state index contributed by atoms with van der Waals surface area (Å²) in [6.45, 7) is 0. The highest BCUT2D eigenvalue weighted by Crippen LogP contribution is 2.37. The maximum absolute atomic E-state index is 13.0. The van der Waals surface area contributed by atoms with Gasteiger partial charge in [0.05, 0.1) is 11.4 Å². The highest BCUT2D eigenvalue weighted by molar-refractivity contribution is 6.06. The molecule has 0 saturated heterocycles. The Labute approximate surface area is 230 Å². The fourth-order valence-electron chi connectivity index (χ4n) is 4.33. The van der Waals surface area contributed by atoms with E-state index in [2.05, 4.69) is 4.98 Å². The Morgan fingerprint density at radius 2 is 1.10 bits per heavy atom. The number of benzene rings is 4. The quantitative estimate of drug-likeness (QED) is 0.205. The van der Waals surface area contributed by atoms with Crippen molar-refractivity contribution in [1.82, 2.24) is 4.98 Å². The highest BCUT2D eigenvalue weighted by Gasteiger charge is 2.31. The fraction of sp³-hybridized carbons (Fsp3) is 0.0303. The van der Waals surface area contributed by atoms with Crippen molar-refractivity contribution in [2.75, 3.05) is 4.90 Å². The van der Waals surface area contributed by atoms with Crippen molar-refractivity contribution >= 4 is 22.8 Å². The van der Waals surface area contributed by atoms with E-state index < -0.39 is 17.6 Å². The van der Waals surface area contributed by atoms with Crippen LogP contribution in [0, 0.1) is 5.41 Å². The molecule has 1 heterocycles. The number of nitrogens with two attached hydrogens (primary N) is 1. The summed E-state index contributed by atoms with van der Waals surface area (Å²) in [5, 5.41) is 8.20. The standard InChI is InChI=1S/C33H25F3N4/c34-33(35,36)32(38)22-30(37)31-21-29(19-20-39-31)40(27-15-11-25(12-16-27)23-7-3-1-4-8-23)28-17-13-26(14-18-28)24-9-5-2-6-10-24/h1-22,37H,38H2. The Morgan fingerprint density at radius 1 is 0.650 bits per heavy atom. The molecule has 0 aliphatic heterocycles. The molecule has 0 aliphatic rings. The summed E-state index contributed by atoms with van der Waals surface area (Å²) in [4.78, 5) is 6.10. The SMILES string of the molecule is N=C(C=C(N)C(F)(F)F)c1cc(N(c2ccc(-c3ccccc3)cc2)c2ccc(-c3ccccc3)cc2)ccn1. The van der Waals surface area contributed by atoms with E-state index in [1.54, 1.807) is 12.1 Å². The summed E-state index contributed by atoms with van der Waals surface area (Å²) in [5.74, 6) is 0. The average molecular weight is 535 g/mol. The number of anilines is 3. The lowest BCUT2D eigenvalue weighted by Gasteiger charge is -2.26. The normalized spacial score (nSPS) is 11.7. The molecule has 1 aromatic heterocycles. The first-order valence-corrected chi connectivity index (χ1v) is 12.5. The highest BCUT2D eigenvalue weighted by atomic mass is 19.4. The Kier molecular flexibility index (Phi) is 7.46. The molecule has 0 unspecified atom stereocenters. The molecule has 0 aliphatic carbocycles. The minimum absolute atomic E-state index is 0.0662. The van der Waals surface area contributed by atoms with Crippen LogP contribution in [-0.2, 0) is 0 Å². The summed E-state index contributed by atoms with van der Waals surface area (Å²) in [6, 6.07) is 39.4. The number of allylic oxidation sites excluding steroid dienone is 2. The van der Waals surface area contributed by atoms with Gasteiger partial charge in [-0.3, -0.25) is 10.4 Å². The summed E-state index contributed by atoms with van der Waals surface area (Å²) in [5.41, 5.74) is 10.0. The number of nitrogens with one attached hydrogen (secondary N) is 1. The Balaban J connectivity index is 1.56. The van der Waals surface area contributed by atoms with Gasteiger partial charge in [-0.2, -0.15) is 13.2 Å². The minimum atomic E-state index is -4.73. The molecule has 0 bridgehead atoms. The lowest BCUT2D eigenvalue weighted by molar-refractivity contribution is -0.0925. The van der Waals surface area contributed by atoms with Crippen molar-refractivity contribution in [2.45, 2.75) is 6.18 Å². The van der Waals surface area contributed by atoms with Crippen LogP contribution in [0.25, 0.3) is 22.3 Å². The number of aromatic nitrogens is 1. The molecule has 0 saturated carbocycles. The first-order valence-electron chi connectivity index (χ1n) is 12.5. The molecule has 0 radical (unpaired) electrons. The molecule has 40 heavy (non-hydrogen) atoms. The van der Waals surface area contributed by atoms with Gasteiger partial charge in [0.1, 0.15) is 5.70 Å². The number of nitrogens with zero attached hydrogens (tertiary/aromatic N) is 2. The van der Waals surface area contributed by atoms with E-state index in [1.165, 1.54) is 6.20 Å². The van der Waals surface area contributed by atoms with Gasteiger partial charge in [-0.05, 0) is 64.7 Å². The third-order valence-electron chi connectivity index (χ3n) is 6.37. The van der Waals surface area contributed by atoms with Crippen LogP contribution in [0.1, 0.15) is 5.69 Å². The number of pyridine rings is 1. The van der Waals surface area contributed by atoms with Crippen molar-refractivity contribution in [2.24, 2.45) is 5.73 Å². The Hall–Kier alpha value is -5.17. The van der Waals surface area contributed by atoms with Gasteiger partial charge in [-0.1, -0.05) is 84.9 Å². The van der Waals surface area contributed by atoms with Crippen molar-refractivity contribution in [1.29, 1.82) is 5.41 Å². The zero-order chi connectivity index (χ0) is 28.1. The van der Waals surface area contributed by atoms with Crippen LogP contribution in [0.5, 0.6) is 0 Å². The molecule has 0 spiro atoms. The van der Waals surface area contributed by atoms with Crippen molar-refractivity contribution in [3.63, 3.8) is 0 Å². The summed E-state index contributed by atoms with van der Waals surface area (Å²) >= 11 is 0. The second-order valence-corrected chi connectivity index (χ2v) is 9.07. The Bertz CT molecular complexity index is 1550. The summed E-state index contributed by atoms with van der Waals surface area (Å²) in [6.07, 6.45) is -2.67. The fourth-order valence-corrected chi connectivity index (χ4v) is 4.33. The molecule has 4 aromatic carbocycles. The molecule has 7 heteroatoms. The van der Waals surface area contributed by atoms with Gasteiger partial charge in [0, 0.05) is 23.3 Å². The monoisotopic (exact) mass is 534 g/mol. The number of halogens is 3. The van der Waals surface area contributed by atoms with E-state index in [1.807, 2.05) is 114 Å². The van der Waals surface area contributed by atoms with Gasteiger partial charge in [0.2, 0.25) is 0 Å². The zero-order valence-corrected chi connectivity index (χ0v) is 21.3. The second kappa shape index (κ2) is 11.3. The minimum Gasteiger partial charge on any atom is -0.395 e. The lowest BCUT2D eigenvalue weighted by atomic mass is 10.0. The third-order valence-corrected chi connectivity index (χ3v) is 6.37. The number of hydrogen-bond donors (Lipinski definition) is 2. The number of rotatable bonds is 7. The van der Waals surface area contributed by atoms with Crippen LogP contribution in [0.3, 0.4) is 0 Å². The van der Waals surface area contributed by atoms with Crippen molar-refractivity contribution in [3.8, 4) is 22.3 Å². The largest absolute Gasteiger partial charge is 0.430 e. The maximum Gasteiger partial charge on any atom is 0.430 e. The topological polar surface area (TPSA) is 66.0 Å². The molecule has 5 aromatic rings. The van der Waals surface area contributed by atoms with E-state index in [0.717, 1.165) is 33.6 Å². The molecule has 198 valence electrons. The molecule has 4 nitrogen and oxygen atoms in total. The smallest absolute Gasteiger partial charge is 0.395 e. The van der Waals surface area contributed by atoms with Crippen LogP contribution in [0.15, 0.2) is 139 Å². The van der Waals surface area contributed by atoms with Crippen molar-refractivity contribution in [3.05, 3.63) is 145 Å². The number of alkyl halides is 3. The average Bonchev–Trinajstić information content (AvgIpc) is 2.98. The van der Waals surface area contributed by atoms with E-state index in [-0.39, 0.29) is 5.69 Å². The predicted octanol–water partition coefficient (Wildman–Crippen LogP) is 8.66. The van der Waals surface area contributed by atoms with Gasteiger partial charge < -0.3 is 10.6 Å². The molecule has 0 fully saturated rings. The van der Waals surface area contributed by atoms with Gasteiger partial charge in [-0.25, -0.2) is 0 Å². The van der Waals surface area contributed by atoms with Crippen LogP contribution < -0.4 is 10.6 Å². The molecule has 5 rings (SSSR count). The van der Waals surface area contributed by atoms with Crippen LogP contribution >= 0.6 is 0 Å². The first-order chi connectivity index (χ1) is 19.3. The van der Waals surface area contributed by atoms with Gasteiger partial charge in [-0.15, -0.1) is 0 Å². The summed E-state index contributed by atoms with van der Waals surface area (Å²) < 4.78 is 38.9. The van der Waals surface area contributed by atoms with E-state index in [4.69, 9.17) is 11.1 Å². The lowest BCUT2D eigenvalue weighted by Crippen LogP contribution is -2.21. The zero-order valence-electron chi connectivity index (χ0n) is 21.3.